The molecule has 0 spiro atoms. The zero-order valence-electron chi connectivity index (χ0n) is 76.2. The highest BCUT2D eigenvalue weighted by atomic mass is 19.2. The van der Waals surface area contributed by atoms with E-state index < -0.39 is 46.5 Å². The Kier molecular flexibility index (Phi) is 35.4. The van der Waals surface area contributed by atoms with Crippen molar-refractivity contribution in [3.05, 3.63) is 392 Å². The molecule has 15 rings (SSSR count). The summed E-state index contributed by atoms with van der Waals surface area (Å²) in [5.41, 5.74) is 16.4. The molecule has 0 bridgehead atoms. The minimum atomic E-state index is -0.595. The van der Waals surface area contributed by atoms with E-state index in [9.17, 15) is 35.1 Å². The summed E-state index contributed by atoms with van der Waals surface area (Å²) in [7, 11) is 3.41. The monoisotopic (exact) mass is 1800 g/mol. The second-order valence-corrected chi connectivity index (χ2v) is 35.9. The Hall–Kier alpha value is -10.8. The Labute approximate surface area is 775 Å². The number of hydrogen-bond donors (Lipinski definition) is 0. The van der Waals surface area contributed by atoms with E-state index in [2.05, 4.69) is 229 Å². The van der Waals surface area contributed by atoms with Gasteiger partial charge in [-0.2, -0.15) is 0 Å². The van der Waals surface area contributed by atoms with Gasteiger partial charge in [-0.05, 0) is 162 Å². The van der Waals surface area contributed by atoms with Crippen LogP contribution in [0.25, 0.3) is 22.3 Å². The average molecular weight is 1800 g/mol. The molecule has 3 aliphatic rings. The molecule has 0 unspecified atom stereocenters. The molecular formula is C110H124F8N12O2. The van der Waals surface area contributed by atoms with Gasteiger partial charge in [-0.3, -0.25) is 58.8 Å². The zero-order chi connectivity index (χ0) is 91.3. The number of ether oxygens (including phenoxy) is 2. The Morgan fingerprint density at radius 1 is 0.159 bits per heavy atom. The van der Waals surface area contributed by atoms with Gasteiger partial charge in [-0.1, -0.05) is 182 Å². The van der Waals surface area contributed by atoms with Gasteiger partial charge in [0.25, 0.3) is 0 Å². The fourth-order valence-corrected chi connectivity index (χ4v) is 18.4. The minimum Gasteiger partial charge on any atom is -0.497 e. The summed E-state index contributed by atoms with van der Waals surface area (Å²) in [5, 5.41) is 0. The van der Waals surface area contributed by atoms with Crippen LogP contribution >= 0.6 is 0 Å². The van der Waals surface area contributed by atoms with E-state index in [1.54, 1.807) is 14.2 Å². The number of nitrogens with zero attached hydrogens (tertiary/aromatic N) is 12. The molecule has 12 aromatic carbocycles. The zero-order valence-corrected chi connectivity index (χ0v) is 76.2. The lowest BCUT2D eigenvalue weighted by atomic mass is 10.0. The van der Waals surface area contributed by atoms with Crippen molar-refractivity contribution in [2.24, 2.45) is 0 Å². The van der Waals surface area contributed by atoms with Crippen molar-refractivity contribution < 1.29 is 44.6 Å². The van der Waals surface area contributed by atoms with Crippen LogP contribution in [0.4, 0.5) is 35.1 Å². The topological polar surface area (TPSA) is 57.3 Å². The summed E-state index contributed by atoms with van der Waals surface area (Å²) < 4.78 is 129. The summed E-state index contributed by atoms with van der Waals surface area (Å²) in [6, 6.07) is 88.3. The third-order valence-corrected chi connectivity index (χ3v) is 25.8. The molecule has 3 heterocycles. The number of rotatable bonds is 28. The van der Waals surface area contributed by atoms with Crippen LogP contribution in [0.1, 0.15) is 66.8 Å². The predicted octanol–water partition coefficient (Wildman–Crippen LogP) is 19.1. The van der Waals surface area contributed by atoms with E-state index in [0.717, 1.165) is 148 Å². The molecule has 0 saturated carbocycles. The second kappa shape index (κ2) is 48.7. The molecule has 132 heavy (non-hydrogen) atoms. The summed E-state index contributed by atoms with van der Waals surface area (Å²) in [4.78, 5) is 29.3. The molecule has 22 heteroatoms. The Morgan fingerprint density at radius 2 is 0.288 bits per heavy atom. The molecule has 0 radical (unpaired) electrons. The summed E-state index contributed by atoms with van der Waals surface area (Å²) in [6.45, 7) is 25.0. The Bertz CT molecular complexity index is 4950. The Balaban J connectivity index is 0.611. The van der Waals surface area contributed by atoms with Gasteiger partial charge >= 0.3 is 0 Å². The van der Waals surface area contributed by atoms with Crippen molar-refractivity contribution in [1.82, 2.24) is 58.8 Å². The lowest BCUT2D eigenvalue weighted by Crippen LogP contribution is -2.45. The highest BCUT2D eigenvalue weighted by molar-refractivity contribution is 5.65. The first kappa shape index (κ1) is 95.8. The largest absolute Gasteiger partial charge is 0.497 e. The van der Waals surface area contributed by atoms with Crippen LogP contribution in [0.15, 0.2) is 279 Å². The number of methoxy groups -OCH3 is 2. The van der Waals surface area contributed by atoms with E-state index in [1.807, 2.05) is 36.4 Å². The number of benzene rings is 12. The molecule has 692 valence electrons. The first-order valence-electron chi connectivity index (χ1n) is 46.5. The standard InChI is InChI=1S/C110H124F8N12O2/c1-131-109-33-21-91(22-34-109)79-125-41-37-121(75-87-13-25-97(26-14-87)99-29-17-89(18-30-99)77-123-49-57-127(81-93-61-101(111)69-102(112)62-93)53-45-119(73-85-9-5-3-6-10-85)46-54-128(58-50-123)82-94-63-103(113)70-104(114)64-94)39-43-126(80-92-23-35-110(132-2)36-24-92)44-40-122(38-42-125)76-88-15-27-98(28-16-88)100-31-19-90(20-32-100)78-124-51-59-129(83-95-65-105(115)71-106(116)66-95)55-47-120(74-86-11-7-4-8-12-86)48-56-130(60-52-124)84-96-67-107(117)72-108(118)68-96/h3-36,61-72H,37-60,73-84H2,1-2H3. The number of halogens is 8. The van der Waals surface area contributed by atoms with Crippen LogP contribution in [0, 0.1) is 46.5 Å². The SMILES string of the molecule is COc1ccc(CN2CCN(Cc3ccc(-c4ccc(CN5CCN(Cc6cc(F)cc(F)c6)CCN(Cc6ccccc6)CCN(Cc6cc(F)cc(F)c6)CC5)cc4)cc3)CCN(Cc3ccc(OC)cc3)CCN(Cc3ccc(-c4ccc(CN5CCN(Cc6cc(F)cc(F)c6)CCN(Cc6ccccc6)CCN(Cc6cc(F)cc(F)c6)CC5)cc4)cc3)CC2)cc1. The number of hydrogen-bond acceptors (Lipinski definition) is 14. The van der Waals surface area contributed by atoms with Gasteiger partial charge in [0, 0.05) is 260 Å². The van der Waals surface area contributed by atoms with Crippen molar-refractivity contribution >= 4 is 0 Å². The van der Waals surface area contributed by atoms with Gasteiger partial charge in [-0.15, -0.1) is 0 Å². The highest BCUT2D eigenvalue weighted by Crippen LogP contribution is 2.28. The maximum Gasteiger partial charge on any atom is 0.126 e. The molecule has 14 nitrogen and oxygen atoms in total. The molecule has 0 N–H and O–H groups in total. The highest BCUT2D eigenvalue weighted by Gasteiger charge is 2.25. The summed E-state index contributed by atoms with van der Waals surface area (Å²) in [6.07, 6.45) is 0. The van der Waals surface area contributed by atoms with Gasteiger partial charge in [-0.25, -0.2) is 35.1 Å². The maximum atomic E-state index is 14.7. The lowest BCUT2D eigenvalue weighted by molar-refractivity contribution is 0.122. The van der Waals surface area contributed by atoms with Crippen molar-refractivity contribution in [3.8, 4) is 33.8 Å². The lowest BCUT2D eigenvalue weighted by Gasteiger charge is -2.34. The van der Waals surface area contributed by atoms with Gasteiger partial charge in [0.2, 0.25) is 0 Å². The van der Waals surface area contributed by atoms with E-state index in [-0.39, 0.29) is 0 Å². The van der Waals surface area contributed by atoms with E-state index in [0.29, 0.717) is 179 Å². The molecule has 0 aliphatic carbocycles. The molecule has 3 saturated heterocycles. The van der Waals surface area contributed by atoms with Crippen LogP contribution in [0.2, 0.25) is 0 Å². The van der Waals surface area contributed by atoms with Crippen LogP contribution < -0.4 is 9.47 Å². The molecule has 0 aromatic heterocycles. The van der Waals surface area contributed by atoms with E-state index in [1.165, 1.54) is 81.9 Å². The molecule has 3 aliphatic heterocycles. The molecular weight excluding hydrogens is 1670 g/mol. The molecule has 12 aromatic rings. The van der Waals surface area contributed by atoms with Gasteiger partial charge < -0.3 is 9.47 Å². The van der Waals surface area contributed by atoms with Gasteiger partial charge in [0.1, 0.15) is 58.0 Å². The molecule has 3 fully saturated rings. The Morgan fingerprint density at radius 3 is 0.432 bits per heavy atom. The van der Waals surface area contributed by atoms with E-state index in [4.69, 9.17) is 9.47 Å². The molecule has 0 atom stereocenters. The van der Waals surface area contributed by atoms with Crippen molar-refractivity contribution in [3.63, 3.8) is 0 Å². The first-order valence-corrected chi connectivity index (χ1v) is 46.5. The van der Waals surface area contributed by atoms with Gasteiger partial charge in [0.05, 0.1) is 14.2 Å². The fourth-order valence-electron chi connectivity index (χ4n) is 18.4. The normalized spacial score (nSPS) is 17.0. The van der Waals surface area contributed by atoms with Crippen molar-refractivity contribution in [2.75, 3.05) is 171 Å². The van der Waals surface area contributed by atoms with E-state index >= 15 is 0 Å². The van der Waals surface area contributed by atoms with Crippen LogP contribution in [-0.2, 0) is 78.5 Å². The smallest absolute Gasteiger partial charge is 0.126 e. The van der Waals surface area contributed by atoms with Crippen LogP contribution in [0.5, 0.6) is 11.5 Å². The maximum absolute atomic E-state index is 14.7. The van der Waals surface area contributed by atoms with Crippen molar-refractivity contribution in [1.29, 1.82) is 0 Å². The third kappa shape index (κ3) is 30.6. The second-order valence-electron chi connectivity index (χ2n) is 35.9. The van der Waals surface area contributed by atoms with Crippen LogP contribution in [-0.4, -0.2) is 230 Å². The van der Waals surface area contributed by atoms with Gasteiger partial charge in [0.15, 0.2) is 0 Å². The quantitative estimate of drug-likeness (QED) is 0.0438. The first-order chi connectivity index (χ1) is 64.3. The summed E-state index contributed by atoms with van der Waals surface area (Å²) >= 11 is 0. The summed E-state index contributed by atoms with van der Waals surface area (Å²) in [5.74, 6) is -3.10. The fraction of sp³-hybridized carbons (Fsp3) is 0.345. The minimum absolute atomic E-state index is 0.387. The predicted molar refractivity (Wildman–Crippen MR) is 511 cm³/mol. The average Bonchev–Trinajstić information content (AvgIpc) is 0.838. The van der Waals surface area contributed by atoms with Crippen molar-refractivity contribution in [2.45, 2.75) is 78.5 Å². The van der Waals surface area contributed by atoms with Crippen LogP contribution in [0.3, 0.4) is 0 Å². The third-order valence-electron chi connectivity index (χ3n) is 25.8. The molecule has 0 amide bonds.